The highest BCUT2D eigenvalue weighted by Crippen LogP contribution is 2.07. The lowest BCUT2D eigenvalue weighted by Crippen LogP contribution is -2.45. The third-order valence-electron chi connectivity index (χ3n) is 2.10. The quantitative estimate of drug-likeness (QED) is 0.488. The molecular formula is C13H20N2O7. The predicted molar refractivity (Wildman–Crippen MR) is 75.2 cm³/mol. The van der Waals surface area contributed by atoms with Crippen molar-refractivity contribution in [3.63, 3.8) is 0 Å². The molecule has 0 rings (SSSR count). The van der Waals surface area contributed by atoms with Gasteiger partial charge >= 0.3 is 18.0 Å². The summed E-state index contributed by atoms with van der Waals surface area (Å²) in [6.07, 6.45) is 0.501. The van der Waals surface area contributed by atoms with Crippen LogP contribution < -0.4 is 10.6 Å². The Morgan fingerprint density at radius 1 is 1.14 bits per heavy atom. The molecule has 0 fully saturated rings. The Morgan fingerprint density at radius 2 is 1.73 bits per heavy atom. The van der Waals surface area contributed by atoms with Crippen molar-refractivity contribution >= 4 is 23.9 Å². The van der Waals surface area contributed by atoms with Crippen molar-refractivity contribution in [3.05, 3.63) is 12.2 Å². The van der Waals surface area contributed by atoms with Crippen LogP contribution in [0.15, 0.2) is 12.2 Å². The molecule has 4 N–H and O–H groups in total. The highest BCUT2D eigenvalue weighted by atomic mass is 16.6. The smallest absolute Gasteiger partial charge is 0.408 e. The molecule has 0 aromatic rings. The van der Waals surface area contributed by atoms with E-state index in [-0.39, 0.29) is 13.0 Å². The van der Waals surface area contributed by atoms with Crippen LogP contribution in [-0.4, -0.2) is 52.3 Å². The number of carbonyl (C=O) groups excluding carboxylic acids is 2. The van der Waals surface area contributed by atoms with Crippen LogP contribution >= 0.6 is 0 Å². The van der Waals surface area contributed by atoms with Crippen LogP contribution in [0.4, 0.5) is 4.79 Å². The van der Waals surface area contributed by atoms with Gasteiger partial charge in [-0.05, 0) is 27.2 Å². The Hall–Kier alpha value is -2.58. The van der Waals surface area contributed by atoms with Crippen LogP contribution in [0, 0.1) is 0 Å². The van der Waals surface area contributed by atoms with Crippen molar-refractivity contribution in [1.29, 1.82) is 0 Å². The van der Waals surface area contributed by atoms with Crippen LogP contribution in [-0.2, 0) is 19.1 Å². The zero-order valence-corrected chi connectivity index (χ0v) is 12.6. The molecular weight excluding hydrogens is 296 g/mol. The number of ether oxygens (including phenoxy) is 1. The first-order valence-electron chi connectivity index (χ1n) is 6.42. The van der Waals surface area contributed by atoms with Gasteiger partial charge < -0.3 is 25.6 Å². The third-order valence-corrected chi connectivity index (χ3v) is 2.10. The molecule has 0 aliphatic carbocycles. The number of carbonyl (C=O) groups is 4. The van der Waals surface area contributed by atoms with E-state index in [0.29, 0.717) is 6.08 Å². The zero-order valence-electron chi connectivity index (χ0n) is 12.6. The molecule has 0 bridgehead atoms. The van der Waals surface area contributed by atoms with Crippen molar-refractivity contribution in [2.45, 2.75) is 38.8 Å². The van der Waals surface area contributed by atoms with E-state index < -0.39 is 35.6 Å². The van der Waals surface area contributed by atoms with Crippen LogP contribution in [0.2, 0.25) is 0 Å². The van der Waals surface area contributed by atoms with E-state index in [2.05, 4.69) is 10.6 Å². The van der Waals surface area contributed by atoms with Gasteiger partial charge in [0.25, 0.3) is 0 Å². The molecule has 0 aliphatic rings. The number of carboxylic acid groups (broad SMARTS) is 2. The number of alkyl carbamates (subject to hydrolysis) is 1. The van der Waals surface area contributed by atoms with Crippen LogP contribution in [0.1, 0.15) is 27.2 Å². The minimum Gasteiger partial charge on any atom is -0.480 e. The Balaban J connectivity index is 4.32. The first-order chi connectivity index (χ1) is 10.0. The normalized spacial score (nSPS) is 12.5. The second-order valence-corrected chi connectivity index (χ2v) is 5.29. The molecule has 1 atom stereocenters. The van der Waals surface area contributed by atoms with E-state index in [1.54, 1.807) is 20.8 Å². The molecule has 0 heterocycles. The standard InChI is InChI=1S/C13H20N2O7/c1-13(2,3)22-12(21)15-8(11(19)20)6-7-14-9(16)4-5-10(17)18/h4-5,8H,6-7H2,1-3H3,(H,14,16)(H,15,21)(H,17,18)(H,19,20)/b5-4-. The van der Waals surface area contributed by atoms with Gasteiger partial charge in [-0.15, -0.1) is 0 Å². The fourth-order valence-electron chi connectivity index (χ4n) is 1.25. The second kappa shape index (κ2) is 8.65. The number of aliphatic carboxylic acids is 2. The number of nitrogens with one attached hydrogen (secondary N) is 2. The van der Waals surface area contributed by atoms with Gasteiger partial charge in [0.05, 0.1) is 0 Å². The lowest BCUT2D eigenvalue weighted by Gasteiger charge is -2.22. The van der Waals surface area contributed by atoms with Crippen LogP contribution in [0.25, 0.3) is 0 Å². The molecule has 124 valence electrons. The highest BCUT2D eigenvalue weighted by Gasteiger charge is 2.23. The van der Waals surface area contributed by atoms with Gasteiger partial charge in [0.2, 0.25) is 5.91 Å². The first kappa shape index (κ1) is 19.4. The summed E-state index contributed by atoms with van der Waals surface area (Å²) >= 11 is 0. The highest BCUT2D eigenvalue weighted by molar-refractivity contribution is 5.93. The molecule has 0 radical (unpaired) electrons. The Bertz CT molecular complexity index is 465. The largest absolute Gasteiger partial charge is 0.480 e. The van der Waals surface area contributed by atoms with Gasteiger partial charge in [-0.25, -0.2) is 14.4 Å². The van der Waals surface area contributed by atoms with Crippen molar-refractivity contribution < 1.29 is 34.1 Å². The van der Waals surface area contributed by atoms with Crippen molar-refractivity contribution in [2.24, 2.45) is 0 Å². The molecule has 0 saturated heterocycles. The average Bonchev–Trinajstić information content (AvgIpc) is 2.32. The zero-order chi connectivity index (χ0) is 17.3. The minimum atomic E-state index is -1.28. The first-order valence-corrected chi connectivity index (χ1v) is 6.42. The molecule has 2 amide bonds. The van der Waals surface area contributed by atoms with Crippen LogP contribution in [0.5, 0.6) is 0 Å². The Morgan fingerprint density at radius 3 is 2.18 bits per heavy atom. The fraction of sp³-hybridized carbons (Fsp3) is 0.538. The van der Waals surface area contributed by atoms with Crippen molar-refractivity contribution in [2.75, 3.05) is 6.54 Å². The molecule has 0 aliphatic heterocycles. The van der Waals surface area contributed by atoms with E-state index in [0.717, 1.165) is 6.08 Å². The van der Waals surface area contributed by atoms with E-state index in [1.165, 1.54) is 0 Å². The summed E-state index contributed by atoms with van der Waals surface area (Å²) in [7, 11) is 0. The lowest BCUT2D eigenvalue weighted by molar-refractivity contribution is -0.139. The summed E-state index contributed by atoms with van der Waals surface area (Å²) in [6.45, 7) is 4.85. The van der Waals surface area contributed by atoms with Gasteiger partial charge in [-0.1, -0.05) is 0 Å². The SMILES string of the molecule is CC(C)(C)OC(=O)NC(CCNC(=O)/C=C\C(=O)O)C(=O)O. The summed E-state index contributed by atoms with van der Waals surface area (Å²) in [5.74, 6) is -3.23. The minimum absolute atomic E-state index is 0.0600. The molecule has 9 nitrogen and oxygen atoms in total. The second-order valence-electron chi connectivity index (χ2n) is 5.29. The van der Waals surface area contributed by atoms with Gasteiger partial charge in [-0.3, -0.25) is 4.79 Å². The fourth-order valence-corrected chi connectivity index (χ4v) is 1.25. The predicted octanol–water partition coefficient (Wildman–Crippen LogP) is 0.111. The molecule has 0 aromatic heterocycles. The molecule has 9 heteroatoms. The number of hydrogen-bond donors (Lipinski definition) is 4. The number of rotatable bonds is 7. The maximum Gasteiger partial charge on any atom is 0.408 e. The summed E-state index contributed by atoms with van der Waals surface area (Å²) in [4.78, 5) is 43.9. The number of amides is 2. The van der Waals surface area contributed by atoms with Gasteiger partial charge in [0.15, 0.2) is 0 Å². The summed E-state index contributed by atoms with van der Waals surface area (Å²) in [5.41, 5.74) is -0.761. The van der Waals surface area contributed by atoms with Crippen LogP contribution in [0.3, 0.4) is 0 Å². The molecule has 1 unspecified atom stereocenters. The van der Waals surface area contributed by atoms with E-state index >= 15 is 0 Å². The van der Waals surface area contributed by atoms with E-state index in [1.807, 2.05) is 0 Å². The molecule has 0 spiro atoms. The van der Waals surface area contributed by atoms with Gasteiger partial charge in [-0.2, -0.15) is 0 Å². The maximum absolute atomic E-state index is 11.5. The summed E-state index contributed by atoms with van der Waals surface area (Å²) in [6, 6.07) is -1.24. The average molecular weight is 316 g/mol. The third kappa shape index (κ3) is 10.2. The summed E-state index contributed by atoms with van der Waals surface area (Å²) in [5, 5.41) is 21.8. The Labute approximate surface area is 127 Å². The van der Waals surface area contributed by atoms with E-state index in [9.17, 15) is 19.2 Å². The topological polar surface area (TPSA) is 142 Å². The monoisotopic (exact) mass is 316 g/mol. The summed E-state index contributed by atoms with van der Waals surface area (Å²) < 4.78 is 4.93. The van der Waals surface area contributed by atoms with Gasteiger partial charge in [0, 0.05) is 18.7 Å². The maximum atomic E-state index is 11.5. The molecule has 0 aromatic carbocycles. The van der Waals surface area contributed by atoms with Crippen molar-refractivity contribution in [3.8, 4) is 0 Å². The van der Waals surface area contributed by atoms with Gasteiger partial charge in [0.1, 0.15) is 11.6 Å². The molecule has 0 saturated carbocycles. The number of carboxylic acids is 2. The van der Waals surface area contributed by atoms with Crippen molar-refractivity contribution in [1.82, 2.24) is 10.6 Å². The van der Waals surface area contributed by atoms with E-state index in [4.69, 9.17) is 14.9 Å². The molecule has 22 heavy (non-hydrogen) atoms. The lowest BCUT2D eigenvalue weighted by atomic mass is 10.2. The Kier molecular flexibility index (Phi) is 7.64. The number of hydrogen-bond acceptors (Lipinski definition) is 5.